The van der Waals surface area contributed by atoms with Gasteiger partial charge >= 0.3 is 0 Å². The quantitative estimate of drug-likeness (QED) is 0.278. The SMILES string of the molecule is CC1C(=O)NC(Cc2ccc(C(=N)N)cc2)C(=O)NCCOc2cccc(c2)OCCNC(C2CC2)C(=O)N1C. The van der Waals surface area contributed by atoms with E-state index in [1.807, 2.05) is 18.2 Å². The summed E-state index contributed by atoms with van der Waals surface area (Å²) in [5, 5.41) is 16.6. The Balaban J connectivity index is 1.53. The summed E-state index contributed by atoms with van der Waals surface area (Å²) >= 11 is 0. The number of likely N-dealkylation sites (N-methyl/N-ethyl adjacent to an activating group) is 1. The number of rotatable bonds is 4. The van der Waals surface area contributed by atoms with Crippen LogP contribution in [-0.4, -0.2) is 79.9 Å². The molecule has 0 spiro atoms. The first kappa shape index (κ1) is 28.9. The Labute approximate surface area is 234 Å². The molecule has 1 aliphatic carbocycles. The Hall–Kier alpha value is -4.12. The highest BCUT2D eigenvalue weighted by Gasteiger charge is 2.39. The average Bonchev–Trinajstić information content (AvgIpc) is 3.79. The molecule has 0 aromatic heterocycles. The van der Waals surface area contributed by atoms with Crippen molar-refractivity contribution in [3.63, 3.8) is 0 Å². The zero-order valence-corrected chi connectivity index (χ0v) is 22.9. The molecule has 1 saturated carbocycles. The van der Waals surface area contributed by atoms with Crippen LogP contribution in [0.4, 0.5) is 0 Å². The van der Waals surface area contributed by atoms with E-state index in [1.54, 1.807) is 44.3 Å². The monoisotopic (exact) mass is 550 g/mol. The van der Waals surface area contributed by atoms with Crippen molar-refractivity contribution in [2.45, 2.75) is 44.3 Å². The second-order valence-electron chi connectivity index (χ2n) is 10.2. The highest BCUT2D eigenvalue weighted by atomic mass is 16.5. The van der Waals surface area contributed by atoms with Crippen molar-refractivity contribution >= 4 is 23.6 Å². The lowest BCUT2D eigenvalue weighted by Crippen LogP contribution is -2.57. The molecular formula is C29H38N6O5. The standard InChI is InChI=1S/C29H38N6O5/c1-18-27(36)34-24(16-19-6-8-21(9-7-19)26(30)31)28(37)33-13-15-40-23-5-3-4-22(17-23)39-14-12-32-25(20-10-11-20)29(38)35(18)2/h3-9,17-18,20,24-25,32H,10-16H2,1-2H3,(H3,30,31)(H,33,37)(H,34,36). The molecule has 11 nitrogen and oxygen atoms in total. The molecule has 2 bridgehead atoms. The molecule has 2 aromatic carbocycles. The number of amidine groups is 1. The zero-order valence-electron chi connectivity index (χ0n) is 22.9. The summed E-state index contributed by atoms with van der Waals surface area (Å²) in [5.74, 6) is 0.441. The smallest absolute Gasteiger partial charge is 0.243 e. The predicted octanol–water partition coefficient (Wildman–Crippen LogP) is 0.801. The fourth-order valence-electron chi connectivity index (χ4n) is 4.53. The lowest BCUT2D eigenvalue weighted by Gasteiger charge is -2.30. The second-order valence-corrected chi connectivity index (χ2v) is 10.2. The van der Waals surface area contributed by atoms with Gasteiger partial charge in [0, 0.05) is 31.6 Å². The number of nitrogens with zero attached hydrogens (tertiary/aromatic N) is 1. The first-order valence-electron chi connectivity index (χ1n) is 13.6. The molecule has 3 unspecified atom stereocenters. The van der Waals surface area contributed by atoms with Crippen molar-refractivity contribution in [3.05, 3.63) is 59.7 Å². The number of ether oxygens (including phenoxy) is 2. The lowest BCUT2D eigenvalue weighted by atomic mass is 10.0. The van der Waals surface area contributed by atoms with Gasteiger partial charge in [0.2, 0.25) is 17.7 Å². The number of benzene rings is 2. The van der Waals surface area contributed by atoms with E-state index in [4.69, 9.17) is 20.6 Å². The molecule has 3 amide bonds. The van der Waals surface area contributed by atoms with Crippen molar-refractivity contribution in [2.24, 2.45) is 11.7 Å². The number of hydrogen-bond acceptors (Lipinski definition) is 7. The predicted molar refractivity (Wildman–Crippen MR) is 150 cm³/mol. The van der Waals surface area contributed by atoms with E-state index in [0.717, 1.165) is 18.4 Å². The van der Waals surface area contributed by atoms with Crippen LogP contribution in [-0.2, 0) is 20.8 Å². The van der Waals surface area contributed by atoms with Gasteiger partial charge in [-0.05, 0) is 43.4 Å². The fourth-order valence-corrected chi connectivity index (χ4v) is 4.53. The Morgan fingerprint density at radius 1 is 1.00 bits per heavy atom. The molecule has 11 heteroatoms. The summed E-state index contributed by atoms with van der Waals surface area (Å²) in [7, 11) is 1.61. The minimum absolute atomic E-state index is 0.0536. The van der Waals surface area contributed by atoms with Gasteiger partial charge in [-0.2, -0.15) is 0 Å². The molecule has 0 radical (unpaired) electrons. The van der Waals surface area contributed by atoms with E-state index in [0.29, 0.717) is 30.2 Å². The van der Waals surface area contributed by atoms with Gasteiger partial charge in [0.25, 0.3) is 0 Å². The molecule has 6 N–H and O–H groups in total. The number of amides is 3. The van der Waals surface area contributed by atoms with E-state index in [-0.39, 0.29) is 43.1 Å². The van der Waals surface area contributed by atoms with Crippen LogP contribution in [0.5, 0.6) is 11.5 Å². The first-order chi connectivity index (χ1) is 19.2. The number of carbonyl (C=O) groups excluding carboxylic acids is 3. The van der Waals surface area contributed by atoms with Crippen LogP contribution in [0.1, 0.15) is 30.9 Å². The average molecular weight is 551 g/mol. The van der Waals surface area contributed by atoms with Crippen LogP contribution in [0.2, 0.25) is 0 Å². The number of hydrogen-bond donors (Lipinski definition) is 5. The van der Waals surface area contributed by atoms with E-state index in [9.17, 15) is 14.4 Å². The molecule has 0 saturated heterocycles. The van der Waals surface area contributed by atoms with Gasteiger partial charge in [-0.3, -0.25) is 19.8 Å². The summed E-state index contributed by atoms with van der Waals surface area (Å²) in [6, 6.07) is 12.1. The maximum Gasteiger partial charge on any atom is 0.243 e. The topological polar surface area (TPSA) is 159 Å². The maximum absolute atomic E-state index is 13.4. The molecule has 1 aliphatic heterocycles. The van der Waals surface area contributed by atoms with Crippen molar-refractivity contribution in [1.29, 1.82) is 5.41 Å². The molecule has 4 rings (SSSR count). The minimum atomic E-state index is -0.891. The Bertz CT molecular complexity index is 1220. The van der Waals surface area contributed by atoms with Gasteiger partial charge in [-0.15, -0.1) is 0 Å². The lowest BCUT2D eigenvalue weighted by molar-refractivity contribution is -0.141. The Morgan fingerprint density at radius 2 is 1.65 bits per heavy atom. The van der Waals surface area contributed by atoms with Gasteiger partial charge in [0.05, 0.1) is 12.6 Å². The Morgan fingerprint density at radius 3 is 2.27 bits per heavy atom. The van der Waals surface area contributed by atoms with Gasteiger partial charge < -0.3 is 36.1 Å². The third-order valence-electron chi connectivity index (χ3n) is 7.22. The second kappa shape index (κ2) is 13.3. The first-order valence-corrected chi connectivity index (χ1v) is 13.6. The fraction of sp³-hybridized carbons (Fsp3) is 0.448. The summed E-state index contributed by atoms with van der Waals surface area (Å²) in [6.07, 6.45) is 2.11. The normalized spacial score (nSPS) is 23.4. The largest absolute Gasteiger partial charge is 0.492 e. The minimum Gasteiger partial charge on any atom is -0.492 e. The molecular weight excluding hydrogens is 512 g/mol. The van der Waals surface area contributed by atoms with Gasteiger partial charge in [0.15, 0.2) is 0 Å². The maximum atomic E-state index is 13.4. The highest BCUT2D eigenvalue weighted by Crippen LogP contribution is 2.33. The molecule has 3 atom stereocenters. The molecule has 40 heavy (non-hydrogen) atoms. The molecule has 214 valence electrons. The number of nitrogens with two attached hydrogens (primary N) is 1. The summed E-state index contributed by atoms with van der Waals surface area (Å²) < 4.78 is 11.6. The molecule has 2 aliphatic rings. The van der Waals surface area contributed by atoms with Crippen molar-refractivity contribution in [2.75, 3.05) is 33.4 Å². The highest BCUT2D eigenvalue weighted by molar-refractivity contribution is 5.95. The molecule has 1 fully saturated rings. The van der Waals surface area contributed by atoms with E-state index >= 15 is 0 Å². The molecule has 2 aromatic rings. The van der Waals surface area contributed by atoms with Crippen molar-refractivity contribution in [3.8, 4) is 11.5 Å². The third kappa shape index (κ3) is 7.72. The van der Waals surface area contributed by atoms with Crippen LogP contribution in [0.3, 0.4) is 0 Å². The van der Waals surface area contributed by atoms with Gasteiger partial charge in [-0.1, -0.05) is 30.3 Å². The summed E-state index contributed by atoms with van der Waals surface area (Å²) in [5.41, 5.74) is 6.91. The van der Waals surface area contributed by atoms with Crippen LogP contribution in [0, 0.1) is 11.3 Å². The van der Waals surface area contributed by atoms with Crippen molar-refractivity contribution in [1.82, 2.24) is 20.9 Å². The van der Waals surface area contributed by atoms with Crippen LogP contribution < -0.4 is 31.2 Å². The number of nitrogens with one attached hydrogen (secondary N) is 4. The van der Waals surface area contributed by atoms with E-state index in [1.165, 1.54) is 4.90 Å². The Kier molecular flexibility index (Phi) is 9.60. The number of fused-ring (bicyclic) bond motifs is 2. The summed E-state index contributed by atoms with van der Waals surface area (Å²) in [6.45, 7) is 2.93. The van der Waals surface area contributed by atoms with Crippen LogP contribution in [0.25, 0.3) is 0 Å². The summed E-state index contributed by atoms with van der Waals surface area (Å²) in [4.78, 5) is 41.4. The van der Waals surface area contributed by atoms with Crippen LogP contribution >= 0.6 is 0 Å². The molecule has 1 heterocycles. The number of carbonyl (C=O) groups is 3. The van der Waals surface area contributed by atoms with Crippen molar-refractivity contribution < 1.29 is 23.9 Å². The van der Waals surface area contributed by atoms with E-state index in [2.05, 4.69) is 16.0 Å². The third-order valence-corrected chi connectivity index (χ3v) is 7.22. The van der Waals surface area contributed by atoms with E-state index < -0.39 is 24.0 Å². The zero-order chi connectivity index (χ0) is 28.6. The van der Waals surface area contributed by atoms with Gasteiger partial charge in [-0.25, -0.2) is 0 Å². The van der Waals surface area contributed by atoms with Crippen LogP contribution in [0.15, 0.2) is 48.5 Å². The number of nitrogen functional groups attached to an aromatic ring is 1. The van der Waals surface area contributed by atoms with Gasteiger partial charge in [0.1, 0.15) is 42.6 Å².